The standard InChI is InChI=1S/C14H30O2S/c1-7-13(5,8-2)11-17(15,16)12-14(6,9-3)10-4/h7-12H2,1-6H3. The summed E-state index contributed by atoms with van der Waals surface area (Å²) >= 11 is 0. The Morgan fingerprint density at radius 3 is 1.12 bits per heavy atom. The van der Waals surface area contributed by atoms with Crippen LogP contribution >= 0.6 is 0 Å². The van der Waals surface area contributed by atoms with Crippen molar-refractivity contribution in [1.82, 2.24) is 0 Å². The van der Waals surface area contributed by atoms with Crippen molar-refractivity contribution in [3.8, 4) is 0 Å². The van der Waals surface area contributed by atoms with E-state index in [1.54, 1.807) is 0 Å². The molecule has 0 spiro atoms. The molecule has 0 aromatic carbocycles. The number of hydrogen-bond donors (Lipinski definition) is 0. The Bertz CT molecular complexity index is 283. The quantitative estimate of drug-likeness (QED) is 0.661. The molecule has 0 rings (SSSR count). The highest BCUT2D eigenvalue weighted by molar-refractivity contribution is 7.91. The van der Waals surface area contributed by atoms with Crippen molar-refractivity contribution >= 4 is 9.84 Å². The number of rotatable bonds is 8. The molecule has 0 heterocycles. The molecule has 0 unspecified atom stereocenters. The first kappa shape index (κ1) is 16.9. The third-order valence-corrected chi connectivity index (χ3v) is 6.82. The van der Waals surface area contributed by atoms with Crippen LogP contribution in [0.2, 0.25) is 0 Å². The maximum Gasteiger partial charge on any atom is 0.151 e. The second-order valence-corrected chi connectivity index (χ2v) is 8.13. The van der Waals surface area contributed by atoms with E-state index < -0.39 is 9.84 Å². The lowest BCUT2D eigenvalue weighted by atomic mass is 9.87. The maximum absolute atomic E-state index is 12.3. The van der Waals surface area contributed by atoms with E-state index in [9.17, 15) is 8.42 Å². The Kier molecular flexibility index (Phi) is 6.20. The van der Waals surface area contributed by atoms with Gasteiger partial charge in [0.15, 0.2) is 9.84 Å². The third kappa shape index (κ3) is 5.41. The number of hydrogen-bond acceptors (Lipinski definition) is 2. The minimum atomic E-state index is -2.95. The van der Waals surface area contributed by atoms with Gasteiger partial charge in [-0.15, -0.1) is 0 Å². The van der Waals surface area contributed by atoms with E-state index in [0.29, 0.717) is 11.5 Å². The van der Waals surface area contributed by atoms with Crippen LogP contribution in [0.1, 0.15) is 67.2 Å². The van der Waals surface area contributed by atoms with Gasteiger partial charge in [-0.3, -0.25) is 0 Å². The Morgan fingerprint density at radius 1 is 0.706 bits per heavy atom. The zero-order valence-electron chi connectivity index (χ0n) is 12.5. The lowest BCUT2D eigenvalue weighted by molar-refractivity contribution is 0.322. The van der Waals surface area contributed by atoms with Crippen molar-refractivity contribution in [2.75, 3.05) is 11.5 Å². The second-order valence-electron chi connectivity index (χ2n) is 6.07. The molecule has 0 amide bonds. The average molecular weight is 262 g/mol. The molecule has 0 aliphatic rings. The Hall–Kier alpha value is -0.0500. The minimum absolute atomic E-state index is 0.0543. The molecule has 3 heteroatoms. The molecule has 0 N–H and O–H groups in total. The summed E-state index contributed by atoms with van der Waals surface area (Å²) in [6, 6.07) is 0. The smallest absolute Gasteiger partial charge is 0.151 e. The molecule has 0 aliphatic carbocycles. The summed E-state index contributed by atoms with van der Waals surface area (Å²) in [4.78, 5) is 0. The summed E-state index contributed by atoms with van der Waals surface area (Å²) in [5.41, 5.74) is -0.109. The van der Waals surface area contributed by atoms with Crippen molar-refractivity contribution in [2.45, 2.75) is 67.2 Å². The summed E-state index contributed by atoms with van der Waals surface area (Å²) < 4.78 is 24.6. The molecule has 0 aromatic heterocycles. The van der Waals surface area contributed by atoms with E-state index in [4.69, 9.17) is 0 Å². The largest absolute Gasteiger partial charge is 0.229 e. The van der Waals surface area contributed by atoms with Gasteiger partial charge in [-0.1, -0.05) is 41.5 Å². The van der Waals surface area contributed by atoms with Crippen molar-refractivity contribution in [3.05, 3.63) is 0 Å². The zero-order valence-corrected chi connectivity index (χ0v) is 13.3. The van der Waals surface area contributed by atoms with Gasteiger partial charge in [0.1, 0.15) is 0 Å². The molecule has 0 saturated heterocycles. The molecule has 2 nitrogen and oxygen atoms in total. The molecule has 0 saturated carbocycles. The molecule has 0 aromatic rings. The van der Waals surface area contributed by atoms with Crippen molar-refractivity contribution < 1.29 is 8.42 Å². The predicted octanol–water partition coefficient (Wildman–Crippen LogP) is 4.05. The van der Waals surface area contributed by atoms with E-state index in [1.807, 2.05) is 0 Å². The third-order valence-electron chi connectivity index (χ3n) is 4.55. The van der Waals surface area contributed by atoms with E-state index >= 15 is 0 Å². The van der Waals surface area contributed by atoms with E-state index in [1.165, 1.54) is 0 Å². The Morgan fingerprint density at radius 2 is 0.941 bits per heavy atom. The van der Waals surface area contributed by atoms with Crippen LogP contribution in [0.15, 0.2) is 0 Å². The predicted molar refractivity (Wildman–Crippen MR) is 76.0 cm³/mol. The zero-order chi connectivity index (χ0) is 13.7. The van der Waals surface area contributed by atoms with Crippen LogP contribution in [0.3, 0.4) is 0 Å². The summed E-state index contributed by atoms with van der Waals surface area (Å²) in [5, 5.41) is 0. The first-order valence-electron chi connectivity index (χ1n) is 6.86. The van der Waals surface area contributed by atoms with Gasteiger partial charge >= 0.3 is 0 Å². The first-order chi connectivity index (χ1) is 7.66. The van der Waals surface area contributed by atoms with Gasteiger partial charge in [-0.05, 0) is 36.5 Å². The van der Waals surface area contributed by atoms with Crippen LogP contribution in [-0.4, -0.2) is 19.9 Å². The Balaban J connectivity index is 4.82. The van der Waals surface area contributed by atoms with Gasteiger partial charge in [0, 0.05) is 0 Å². The number of sulfone groups is 1. The molecule has 0 aliphatic heterocycles. The van der Waals surface area contributed by atoms with Crippen molar-refractivity contribution in [3.63, 3.8) is 0 Å². The van der Waals surface area contributed by atoms with Crippen molar-refractivity contribution in [1.29, 1.82) is 0 Å². The fourth-order valence-corrected chi connectivity index (χ4v) is 5.06. The van der Waals surface area contributed by atoms with Gasteiger partial charge in [0.05, 0.1) is 11.5 Å². The van der Waals surface area contributed by atoms with E-state index in [0.717, 1.165) is 25.7 Å². The summed E-state index contributed by atoms with van der Waals surface area (Å²) in [7, 11) is -2.95. The summed E-state index contributed by atoms with van der Waals surface area (Å²) in [5.74, 6) is 0.672. The molecule has 0 fully saturated rings. The van der Waals surface area contributed by atoms with Crippen LogP contribution in [0.25, 0.3) is 0 Å². The Labute approximate surface area is 108 Å². The molecule has 17 heavy (non-hydrogen) atoms. The van der Waals surface area contributed by atoms with Gasteiger partial charge in [-0.2, -0.15) is 0 Å². The highest BCUT2D eigenvalue weighted by Gasteiger charge is 2.32. The van der Waals surface area contributed by atoms with E-state index in [2.05, 4.69) is 41.5 Å². The molecule has 0 atom stereocenters. The van der Waals surface area contributed by atoms with Gasteiger partial charge in [0.2, 0.25) is 0 Å². The topological polar surface area (TPSA) is 34.1 Å². The molecule has 104 valence electrons. The highest BCUT2D eigenvalue weighted by atomic mass is 32.2. The van der Waals surface area contributed by atoms with Gasteiger partial charge in [-0.25, -0.2) is 8.42 Å². The molecule has 0 radical (unpaired) electrons. The maximum atomic E-state index is 12.3. The van der Waals surface area contributed by atoms with Crippen LogP contribution in [0.5, 0.6) is 0 Å². The van der Waals surface area contributed by atoms with Crippen LogP contribution < -0.4 is 0 Å². The summed E-state index contributed by atoms with van der Waals surface area (Å²) in [6.45, 7) is 12.5. The SMILES string of the molecule is CCC(C)(CC)CS(=O)(=O)CC(C)(CC)CC. The first-order valence-corrected chi connectivity index (χ1v) is 8.68. The highest BCUT2D eigenvalue weighted by Crippen LogP contribution is 2.32. The summed E-state index contributed by atoms with van der Waals surface area (Å²) in [6.07, 6.45) is 3.71. The lowest BCUT2D eigenvalue weighted by Crippen LogP contribution is -2.33. The second kappa shape index (κ2) is 6.21. The van der Waals surface area contributed by atoms with Crippen LogP contribution in [0, 0.1) is 10.8 Å². The van der Waals surface area contributed by atoms with Gasteiger partial charge < -0.3 is 0 Å². The lowest BCUT2D eigenvalue weighted by Gasteiger charge is -2.31. The van der Waals surface area contributed by atoms with E-state index in [-0.39, 0.29) is 10.8 Å². The monoisotopic (exact) mass is 262 g/mol. The molecule has 0 bridgehead atoms. The van der Waals surface area contributed by atoms with Crippen LogP contribution in [-0.2, 0) is 9.84 Å². The average Bonchev–Trinajstić information content (AvgIpc) is 2.27. The molecular weight excluding hydrogens is 232 g/mol. The fourth-order valence-electron chi connectivity index (χ4n) is 2.02. The van der Waals surface area contributed by atoms with Crippen molar-refractivity contribution in [2.24, 2.45) is 10.8 Å². The normalized spacial score (nSPS) is 14.0. The van der Waals surface area contributed by atoms with Crippen LogP contribution in [0.4, 0.5) is 0 Å². The van der Waals surface area contributed by atoms with Gasteiger partial charge in [0.25, 0.3) is 0 Å². The fraction of sp³-hybridized carbons (Fsp3) is 1.00. The minimum Gasteiger partial charge on any atom is -0.229 e. The molecular formula is C14H30O2S.